The minimum atomic E-state index is 0. The van der Waals surface area contributed by atoms with Crippen LogP contribution in [0.4, 0.5) is 0 Å². The highest BCUT2D eigenvalue weighted by molar-refractivity contribution is 5.85. The van der Waals surface area contributed by atoms with E-state index in [2.05, 4.69) is 29.3 Å². The van der Waals surface area contributed by atoms with Crippen LogP contribution in [-0.2, 0) is 6.54 Å². The van der Waals surface area contributed by atoms with Gasteiger partial charge in [0.1, 0.15) is 5.58 Å². The Morgan fingerprint density at radius 2 is 2.22 bits per heavy atom. The van der Waals surface area contributed by atoms with Gasteiger partial charge in [0.25, 0.3) is 0 Å². The van der Waals surface area contributed by atoms with Gasteiger partial charge in [-0.25, -0.2) is 0 Å². The fraction of sp³-hybridized carbons (Fsp3) is 0.429. The van der Waals surface area contributed by atoms with E-state index in [1.807, 2.05) is 18.4 Å². The maximum absolute atomic E-state index is 5.58. The maximum atomic E-state index is 5.58. The molecule has 98 valence electrons. The molecule has 1 atom stereocenters. The highest BCUT2D eigenvalue weighted by Gasteiger charge is 2.17. The van der Waals surface area contributed by atoms with E-state index < -0.39 is 0 Å². The summed E-state index contributed by atoms with van der Waals surface area (Å²) in [4.78, 5) is 2.48. The van der Waals surface area contributed by atoms with Crippen LogP contribution in [0.5, 0.6) is 0 Å². The van der Waals surface area contributed by atoms with Crippen molar-refractivity contribution in [3.8, 4) is 0 Å². The maximum Gasteiger partial charge on any atom is 0.134 e. The number of hydrogen-bond acceptors (Lipinski definition) is 3. The fourth-order valence-corrected chi connectivity index (χ4v) is 2.55. The summed E-state index contributed by atoms with van der Waals surface area (Å²) >= 11 is 0. The predicted octanol–water partition coefficient (Wildman–Crippen LogP) is 2.65. The molecule has 0 amide bonds. The summed E-state index contributed by atoms with van der Waals surface area (Å²) in [6.45, 7) is 6.53. The molecule has 0 radical (unpaired) electrons. The standard InChI is InChI=1S/C14H18N2O.ClH/c1-11-8-16(7-6-15-11)9-12-10-17-14-5-3-2-4-13(12)14;/h2-5,10-11,15H,6-9H2,1H3;1H. The number of nitrogens with one attached hydrogen (secondary N) is 1. The van der Waals surface area contributed by atoms with Gasteiger partial charge in [-0.05, 0) is 13.0 Å². The van der Waals surface area contributed by atoms with E-state index in [9.17, 15) is 0 Å². The van der Waals surface area contributed by atoms with Gasteiger partial charge in [-0.15, -0.1) is 12.4 Å². The molecule has 1 N–H and O–H groups in total. The summed E-state index contributed by atoms with van der Waals surface area (Å²) in [6.07, 6.45) is 1.90. The first-order chi connectivity index (χ1) is 8.33. The number of hydrogen-bond donors (Lipinski definition) is 1. The van der Waals surface area contributed by atoms with Crippen molar-refractivity contribution in [1.82, 2.24) is 10.2 Å². The van der Waals surface area contributed by atoms with Gasteiger partial charge in [0, 0.05) is 43.2 Å². The lowest BCUT2D eigenvalue weighted by atomic mass is 10.1. The normalized spacial score (nSPS) is 20.8. The molecule has 18 heavy (non-hydrogen) atoms. The van der Waals surface area contributed by atoms with E-state index >= 15 is 0 Å². The second kappa shape index (κ2) is 5.74. The molecule has 1 aliphatic heterocycles. The summed E-state index contributed by atoms with van der Waals surface area (Å²) in [7, 11) is 0. The summed E-state index contributed by atoms with van der Waals surface area (Å²) in [5, 5.41) is 4.71. The third-order valence-electron chi connectivity index (χ3n) is 3.41. The molecule has 0 saturated carbocycles. The minimum Gasteiger partial charge on any atom is -0.464 e. The average Bonchev–Trinajstić information content (AvgIpc) is 2.73. The van der Waals surface area contributed by atoms with Crippen LogP contribution in [0.3, 0.4) is 0 Å². The minimum absolute atomic E-state index is 0. The van der Waals surface area contributed by atoms with E-state index in [0.717, 1.165) is 31.8 Å². The van der Waals surface area contributed by atoms with Crippen LogP contribution in [0.2, 0.25) is 0 Å². The Labute approximate surface area is 114 Å². The first-order valence-corrected chi connectivity index (χ1v) is 6.24. The number of fused-ring (bicyclic) bond motifs is 1. The van der Waals surface area contributed by atoms with E-state index in [-0.39, 0.29) is 12.4 Å². The van der Waals surface area contributed by atoms with Crippen LogP contribution in [0.15, 0.2) is 34.9 Å². The molecule has 3 rings (SSSR count). The third kappa shape index (κ3) is 2.69. The van der Waals surface area contributed by atoms with Crippen molar-refractivity contribution in [1.29, 1.82) is 0 Å². The molecular formula is C14H19ClN2O. The van der Waals surface area contributed by atoms with Gasteiger partial charge in [0.2, 0.25) is 0 Å². The summed E-state index contributed by atoms with van der Waals surface area (Å²) in [6, 6.07) is 8.84. The summed E-state index contributed by atoms with van der Waals surface area (Å²) < 4.78 is 5.58. The Bertz CT molecular complexity index is 511. The van der Waals surface area contributed by atoms with E-state index in [0.29, 0.717) is 6.04 Å². The lowest BCUT2D eigenvalue weighted by molar-refractivity contribution is 0.200. The lowest BCUT2D eigenvalue weighted by Crippen LogP contribution is -2.48. The molecule has 2 aromatic rings. The number of halogens is 1. The third-order valence-corrected chi connectivity index (χ3v) is 3.41. The Morgan fingerprint density at radius 1 is 1.39 bits per heavy atom. The first-order valence-electron chi connectivity index (χ1n) is 6.24. The van der Waals surface area contributed by atoms with Crippen LogP contribution in [0.25, 0.3) is 11.0 Å². The van der Waals surface area contributed by atoms with Gasteiger partial charge in [-0.1, -0.05) is 18.2 Å². The molecule has 1 saturated heterocycles. The Hall–Kier alpha value is -1.03. The van der Waals surface area contributed by atoms with Crippen molar-refractivity contribution in [2.75, 3.05) is 19.6 Å². The molecule has 0 spiro atoms. The molecule has 3 nitrogen and oxygen atoms in total. The molecule has 1 aromatic carbocycles. The molecular weight excluding hydrogens is 248 g/mol. The molecule has 1 aromatic heterocycles. The first kappa shape index (κ1) is 13.4. The topological polar surface area (TPSA) is 28.4 Å². The van der Waals surface area contributed by atoms with Crippen molar-refractivity contribution < 1.29 is 4.42 Å². The summed E-state index contributed by atoms with van der Waals surface area (Å²) in [5.74, 6) is 0. The number of para-hydroxylation sites is 1. The van der Waals surface area contributed by atoms with Crippen molar-refractivity contribution >= 4 is 23.4 Å². The zero-order chi connectivity index (χ0) is 11.7. The molecule has 0 bridgehead atoms. The number of rotatable bonds is 2. The second-order valence-corrected chi connectivity index (χ2v) is 4.85. The molecule has 1 fully saturated rings. The van der Waals surface area contributed by atoms with Crippen LogP contribution in [0, 0.1) is 0 Å². The van der Waals surface area contributed by atoms with Crippen molar-refractivity contribution in [2.45, 2.75) is 19.5 Å². The summed E-state index contributed by atoms with van der Waals surface area (Å²) in [5.41, 5.74) is 2.29. The quantitative estimate of drug-likeness (QED) is 0.906. The molecule has 0 aliphatic carbocycles. The molecule has 4 heteroatoms. The van der Waals surface area contributed by atoms with Crippen molar-refractivity contribution in [2.24, 2.45) is 0 Å². The van der Waals surface area contributed by atoms with Crippen LogP contribution in [0.1, 0.15) is 12.5 Å². The zero-order valence-electron chi connectivity index (χ0n) is 10.6. The smallest absolute Gasteiger partial charge is 0.134 e. The Kier molecular flexibility index (Phi) is 4.27. The number of benzene rings is 1. The van der Waals surface area contributed by atoms with Gasteiger partial charge in [0.15, 0.2) is 0 Å². The Morgan fingerprint density at radius 3 is 3.06 bits per heavy atom. The van der Waals surface area contributed by atoms with Gasteiger partial charge >= 0.3 is 0 Å². The molecule has 2 heterocycles. The predicted molar refractivity (Wildman–Crippen MR) is 76.2 cm³/mol. The molecule has 1 unspecified atom stereocenters. The van der Waals surface area contributed by atoms with E-state index in [4.69, 9.17) is 4.42 Å². The van der Waals surface area contributed by atoms with Gasteiger partial charge in [-0.2, -0.15) is 0 Å². The van der Waals surface area contributed by atoms with Crippen LogP contribution >= 0.6 is 12.4 Å². The number of nitrogens with zero attached hydrogens (tertiary/aromatic N) is 1. The largest absolute Gasteiger partial charge is 0.464 e. The van der Waals surface area contributed by atoms with Gasteiger partial charge in [-0.3, -0.25) is 4.90 Å². The van der Waals surface area contributed by atoms with Gasteiger partial charge < -0.3 is 9.73 Å². The van der Waals surface area contributed by atoms with Crippen molar-refractivity contribution in [3.05, 3.63) is 36.1 Å². The fourth-order valence-electron chi connectivity index (χ4n) is 2.55. The Balaban J connectivity index is 0.00000120. The number of furan rings is 1. The van der Waals surface area contributed by atoms with Gasteiger partial charge in [0.05, 0.1) is 6.26 Å². The number of piperazine rings is 1. The monoisotopic (exact) mass is 266 g/mol. The van der Waals surface area contributed by atoms with Crippen LogP contribution in [-0.4, -0.2) is 30.6 Å². The lowest BCUT2D eigenvalue weighted by Gasteiger charge is -2.31. The average molecular weight is 267 g/mol. The van der Waals surface area contributed by atoms with E-state index in [1.165, 1.54) is 10.9 Å². The zero-order valence-corrected chi connectivity index (χ0v) is 11.4. The highest BCUT2D eigenvalue weighted by Crippen LogP contribution is 2.22. The highest BCUT2D eigenvalue weighted by atomic mass is 35.5. The molecule has 1 aliphatic rings. The van der Waals surface area contributed by atoms with Crippen LogP contribution < -0.4 is 5.32 Å². The van der Waals surface area contributed by atoms with Crippen molar-refractivity contribution in [3.63, 3.8) is 0 Å². The SMILES string of the molecule is CC1CN(Cc2coc3ccccc23)CCN1.Cl. The second-order valence-electron chi connectivity index (χ2n) is 4.85. The van der Waals surface area contributed by atoms with E-state index in [1.54, 1.807) is 0 Å².